The zero-order valence-corrected chi connectivity index (χ0v) is 9.75. The van der Waals surface area contributed by atoms with E-state index in [0.29, 0.717) is 0 Å². The van der Waals surface area contributed by atoms with Gasteiger partial charge in [-0.3, -0.25) is 14.3 Å². The summed E-state index contributed by atoms with van der Waals surface area (Å²) in [5.74, 6) is 0. The van der Waals surface area contributed by atoms with Crippen LogP contribution >= 0.6 is 0 Å². The van der Waals surface area contributed by atoms with Crippen LogP contribution in [0, 0.1) is 6.92 Å². The molecule has 0 unspecified atom stereocenters. The maximum Gasteiger partial charge on any atom is 0.331 e. The highest BCUT2D eigenvalue weighted by molar-refractivity contribution is 5.17. The molecule has 2 aromatic rings. The summed E-state index contributed by atoms with van der Waals surface area (Å²) in [7, 11) is 1.61. The van der Waals surface area contributed by atoms with E-state index in [2.05, 4.69) is 4.98 Å². The van der Waals surface area contributed by atoms with Crippen LogP contribution in [-0.4, -0.2) is 14.1 Å². The summed E-state index contributed by atoms with van der Waals surface area (Å²) in [4.78, 5) is 27.6. The van der Waals surface area contributed by atoms with Gasteiger partial charge in [-0.25, -0.2) is 4.79 Å². The molecule has 2 aromatic heterocycles. The fourth-order valence-electron chi connectivity index (χ4n) is 1.59. The van der Waals surface area contributed by atoms with Crippen molar-refractivity contribution in [2.75, 3.05) is 0 Å². The molecule has 5 nitrogen and oxygen atoms in total. The summed E-state index contributed by atoms with van der Waals surface area (Å²) < 4.78 is 2.55. The number of hydrogen-bond donors (Lipinski definition) is 0. The van der Waals surface area contributed by atoms with Crippen LogP contribution in [0.15, 0.2) is 40.2 Å². The Morgan fingerprint density at radius 3 is 2.76 bits per heavy atom. The minimum atomic E-state index is -0.331. The van der Waals surface area contributed by atoms with Gasteiger partial charge in [0.2, 0.25) is 0 Å². The van der Waals surface area contributed by atoms with Gasteiger partial charge in [0.1, 0.15) is 0 Å². The molecule has 0 N–H and O–H groups in total. The highest BCUT2D eigenvalue weighted by Gasteiger charge is 2.06. The van der Waals surface area contributed by atoms with Crippen molar-refractivity contribution in [3.63, 3.8) is 0 Å². The van der Waals surface area contributed by atoms with Gasteiger partial charge in [0.15, 0.2) is 0 Å². The van der Waals surface area contributed by atoms with Crippen molar-refractivity contribution in [2.24, 2.45) is 7.05 Å². The molecule has 0 atom stereocenters. The number of rotatable bonds is 2. The largest absolute Gasteiger partial charge is 0.331 e. The van der Waals surface area contributed by atoms with E-state index in [1.54, 1.807) is 13.2 Å². The Labute approximate surface area is 98.0 Å². The summed E-state index contributed by atoms with van der Waals surface area (Å²) >= 11 is 0. The number of nitrogens with zero attached hydrogens (tertiary/aromatic N) is 3. The first kappa shape index (κ1) is 11.3. The summed E-state index contributed by atoms with van der Waals surface area (Å²) in [5, 5.41) is 0. The predicted octanol–water partition coefficient (Wildman–Crippen LogP) is 0.299. The Hall–Kier alpha value is -2.17. The smallest absolute Gasteiger partial charge is 0.303 e. The number of hydrogen-bond acceptors (Lipinski definition) is 3. The van der Waals surface area contributed by atoms with E-state index in [1.807, 2.05) is 19.1 Å². The van der Waals surface area contributed by atoms with Crippen LogP contribution in [0.2, 0.25) is 0 Å². The summed E-state index contributed by atoms with van der Waals surface area (Å²) in [5.41, 5.74) is 1.06. The van der Waals surface area contributed by atoms with Gasteiger partial charge >= 0.3 is 5.69 Å². The van der Waals surface area contributed by atoms with Crippen LogP contribution in [0.4, 0.5) is 0 Å². The van der Waals surface area contributed by atoms with Crippen molar-refractivity contribution < 1.29 is 0 Å². The first-order valence-electron chi connectivity index (χ1n) is 5.26. The van der Waals surface area contributed by atoms with E-state index in [1.165, 1.54) is 21.4 Å². The molecule has 0 fully saturated rings. The van der Waals surface area contributed by atoms with Crippen molar-refractivity contribution in [1.82, 2.24) is 14.1 Å². The third kappa shape index (κ3) is 2.18. The molecule has 0 bridgehead atoms. The maximum absolute atomic E-state index is 11.8. The van der Waals surface area contributed by atoms with E-state index in [0.717, 1.165) is 11.3 Å². The van der Waals surface area contributed by atoms with Gasteiger partial charge in [0.05, 0.1) is 12.2 Å². The Morgan fingerprint density at radius 2 is 2.06 bits per heavy atom. The highest BCUT2D eigenvalue weighted by Crippen LogP contribution is 2.02. The molecule has 0 aliphatic carbocycles. The predicted molar refractivity (Wildman–Crippen MR) is 64.0 cm³/mol. The zero-order valence-electron chi connectivity index (χ0n) is 9.75. The molecule has 0 radical (unpaired) electrons. The SMILES string of the molecule is Cc1cccnc1Cn1c(=O)ccn(C)c1=O. The molecule has 0 aliphatic rings. The van der Waals surface area contributed by atoms with Gasteiger partial charge in [0, 0.05) is 25.5 Å². The normalized spacial score (nSPS) is 10.5. The van der Waals surface area contributed by atoms with Gasteiger partial charge in [-0.15, -0.1) is 0 Å². The first-order chi connectivity index (χ1) is 8.09. The standard InChI is InChI=1S/C12H13N3O2/c1-9-4-3-6-13-10(9)8-15-11(16)5-7-14(2)12(15)17/h3-7H,8H2,1-2H3. The van der Waals surface area contributed by atoms with Crippen LogP contribution in [0.3, 0.4) is 0 Å². The van der Waals surface area contributed by atoms with Crippen LogP contribution < -0.4 is 11.2 Å². The molecule has 0 amide bonds. The Kier molecular flexibility index (Phi) is 2.91. The lowest BCUT2D eigenvalue weighted by molar-refractivity contribution is 0.629. The van der Waals surface area contributed by atoms with Crippen molar-refractivity contribution in [3.05, 3.63) is 62.7 Å². The van der Waals surface area contributed by atoms with Crippen molar-refractivity contribution >= 4 is 0 Å². The molecular formula is C12H13N3O2. The Bertz CT molecular complexity index is 655. The highest BCUT2D eigenvalue weighted by atomic mass is 16.2. The average molecular weight is 231 g/mol. The van der Waals surface area contributed by atoms with Gasteiger partial charge in [-0.2, -0.15) is 0 Å². The molecule has 2 heterocycles. The monoisotopic (exact) mass is 231 g/mol. The summed E-state index contributed by atoms with van der Waals surface area (Å²) in [6.07, 6.45) is 3.12. The zero-order chi connectivity index (χ0) is 12.4. The maximum atomic E-state index is 11.8. The number of pyridine rings is 1. The Balaban J connectivity index is 2.51. The lowest BCUT2D eigenvalue weighted by Gasteiger charge is -2.07. The average Bonchev–Trinajstić information content (AvgIpc) is 2.32. The fraction of sp³-hybridized carbons (Fsp3) is 0.250. The second-order valence-corrected chi connectivity index (χ2v) is 3.90. The third-order valence-corrected chi connectivity index (χ3v) is 2.67. The van der Waals surface area contributed by atoms with E-state index in [-0.39, 0.29) is 17.8 Å². The molecule has 17 heavy (non-hydrogen) atoms. The van der Waals surface area contributed by atoms with E-state index in [4.69, 9.17) is 0 Å². The molecule has 0 spiro atoms. The molecular weight excluding hydrogens is 218 g/mol. The van der Waals surface area contributed by atoms with Gasteiger partial charge in [-0.05, 0) is 18.6 Å². The Morgan fingerprint density at radius 1 is 1.29 bits per heavy atom. The number of aryl methyl sites for hydroxylation is 2. The molecule has 0 saturated carbocycles. The fourth-order valence-corrected chi connectivity index (χ4v) is 1.59. The second kappa shape index (κ2) is 4.37. The van der Waals surface area contributed by atoms with Crippen molar-refractivity contribution in [1.29, 1.82) is 0 Å². The van der Waals surface area contributed by atoms with Crippen LogP contribution in [-0.2, 0) is 13.6 Å². The summed E-state index contributed by atoms with van der Waals surface area (Å²) in [6, 6.07) is 5.10. The van der Waals surface area contributed by atoms with Gasteiger partial charge in [0.25, 0.3) is 5.56 Å². The van der Waals surface area contributed by atoms with Crippen LogP contribution in [0.25, 0.3) is 0 Å². The quantitative estimate of drug-likeness (QED) is 0.747. The first-order valence-corrected chi connectivity index (χ1v) is 5.26. The summed E-state index contributed by atoms with van der Waals surface area (Å²) in [6.45, 7) is 2.11. The molecule has 5 heteroatoms. The minimum Gasteiger partial charge on any atom is -0.303 e. The lowest BCUT2D eigenvalue weighted by Crippen LogP contribution is -2.38. The minimum absolute atomic E-state index is 0.207. The van der Waals surface area contributed by atoms with E-state index >= 15 is 0 Å². The topological polar surface area (TPSA) is 56.9 Å². The third-order valence-electron chi connectivity index (χ3n) is 2.67. The second-order valence-electron chi connectivity index (χ2n) is 3.90. The van der Waals surface area contributed by atoms with Crippen molar-refractivity contribution in [3.8, 4) is 0 Å². The molecule has 88 valence electrons. The van der Waals surface area contributed by atoms with E-state index < -0.39 is 0 Å². The molecule has 0 aromatic carbocycles. The molecule has 0 aliphatic heterocycles. The van der Waals surface area contributed by atoms with Crippen molar-refractivity contribution in [2.45, 2.75) is 13.5 Å². The van der Waals surface area contributed by atoms with E-state index in [9.17, 15) is 9.59 Å². The van der Waals surface area contributed by atoms with Crippen LogP contribution in [0.1, 0.15) is 11.3 Å². The number of aromatic nitrogens is 3. The molecule has 2 rings (SSSR count). The lowest BCUT2D eigenvalue weighted by atomic mass is 10.2. The van der Waals surface area contributed by atoms with Gasteiger partial charge < -0.3 is 4.57 Å². The van der Waals surface area contributed by atoms with Gasteiger partial charge in [-0.1, -0.05) is 6.07 Å². The van der Waals surface area contributed by atoms with Crippen LogP contribution in [0.5, 0.6) is 0 Å². The molecule has 0 saturated heterocycles.